The Bertz CT molecular complexity index is 550. The van der Waals surface area contributed by atoms with Crippen molar-refractivity contribution < 1.29 is 4.79 Å². The van der Waals surface area contributed by atoms with Gasteiger partial charge in [0, 0.05) is 5.56 Å². The molecule has 0 radical (unpaired) electrons. The van der Waals surface area contributed by atoms with Crippen LogP contribution in [0.15, 0.2) is 36.4 Å². The van der Waals surface area contributed by atoms with Crippen LogP contribution >= 0.6 is 22.9 Å². The summed E-state index contributed by atoms with van der Waals surface area (Å²) in [5.41, 5.74) is 1.84. The molecule has 0 atom stereocenters. The topological polar surface area (TPSA) is 29.1 Å². The largest absolute Gasteiger partial charge is 0.319 e. The highest BCUT2D eigenvalue weighted by Crippen LogP contribution is 2.25. The normalized spacial score (nSPS) is 10.6. The SMILES string of the molecule is CNCCc1ccccc1C(=O)c1ccc(Cl)s1. The minimum Gasteiger partial charge on any atom is -0.319 e. The van der Waals surface area contributed by atoms with E-state index < -0.39 is 0 Å². The summed E-state index contributed by atoms with van der Waals surface area (Å²) in [6, 6.07) is 11.3. The fourth-order valence-corrected chi connectivity index (χ4v) is 2.79. The molecule has 94 valence electrons. The van der Waals surface area contributed by atoms with Crippen LogP contribution in [0, 0.1) is 0 Å². The van der Waals surface area contributed by atoms with Gasteiger partial charge in [-0.05, 0) is 37.7 Å². The Balaban J connectivity index is 2.29. The zero-order valence-electron chi connectivity index (χ0n) is 10.1. The Morgan fingerprint density at radius 3 is 2.72 bits per heavy atom. The monoisotopic (exact) mass is 279 g/mol. The first kappa shape index (κ1) is 13.3. The molecule has 4 heteroatoms. The van der Waals surface area contributed by atoms with Crippen LogP contribution in [0.4, 0.5) is 0 Å². The lowest BCUT2D eigenvalue weighted by atomic mass is 10.0. The highest BCUT2D eigenvalue weighted by molar-refractivity contribution is 7.18. The van der Waals surface area contributed by atoms with Crippen molar-refractivity contribution in [2.24, 2.45) is 0 Å². The van der Waals surface area contributed by atoms with Crippen molar-refractivity contribution in [1.29, 1.82) is 0 Å². The van der Waals surface area contributed by atoms with E-state index in [2.05, 4.69) is 5.32 Å². The summed E-state index contributed by atoms with van der Waals surface area (Å²) in [5.74, 6) is 0.0543. The molecule has 2 aromatic rings. The molecule has 1 N–H and O–H groups in total. The van der Waals surface area contributed by atoms with Gasteiger partial charge in [-0.3, -0.25) is 4.79 Å². The van der Waals surface area contributed by atoms with Gasteiger partial charge in [0.1, 0.15) is 0 Å². The average molecular weight is 280 g/mol. The molecule has 18 heavy (non-hydrogen) atoms. The lowest BCUT2D eigenvalue weighted by Gasteiger charge is -2.07. The van der Waals surface area contributed by atoms with Crippen molar-refractivity contribution in [1.82, 2.24) is 5.32 Å². The van der Waals surface area contributed by atoms with Crippen molar-refractivity contribution >= 4 is 28.7 Å². The summed E-state index contributed by atoms with van der Waals surface area (Å²) < 4.78 is 0.644. The van der Waals surface area contributed by atoms with Crippen molar-refractivity contribution in [3.05, 3.63) is 56.7 Å². The first-order chi connectivity index (χ1) is 8.72. The third-order valence-electron chi connectivity index (χ3n) is 2.70. The summed E-state index contributed by atoms with van der Waals surface area (Å²) in [4.78, 5) is 13.1. The molecule has 0 aliphatic rings. The number of thiophene rings is 1. The van der Waals surface area contributed by atoms with Gasteiger partial charge in [0.2, 0.25) is 5.78 Å². The van der Waals surface area contributed by atoms with Crippen LogP contribution < -0.4 is 5.32 Å². The molecular weight excluding hydrogens is 266 g/mol. The van der Waals surface area contributed by atoms with Gasteiger partial charge in [-0.2, -0.15) is 0 Å². The van der Waals surface area contributed by atoms with E-state index in [9.17, 15) is 4.79 Å². The molecule has 0 unspecified atom stereocenters. The summed E-state index contributed by atoms with van der Waals surface area (Å²) >= 11 is 7.20. The number of carbonyl (C=O) groups excluding carboxylic acids is 1. The first-order valence-corrected chi connectivity index (χ1v) is 6.94. The minimum atomic E-state index is 0.0543. The fourth-order valence-electron chi connectivity index (χ4n) is 1.79. The van der Waals surface area contributed by atoms with E-state index in [4.69, 9.17) is 11.6 Å². The number of likely N-dealkylation sites (N-methyl/N-ethyl adjacent to an activating group) is 1. The second-order valence-electron chi connectivity index (χ2n) is 3.94. The molecule has 0 spiro atoms. The molecule has 1 aromatic carbocycles. The van der Waals surface area contributed by atoms with Gasteiger partial charge < -0.3 is 5.32 Å². The molecule has 0 aliphatic heterocycles. The first-order valence-electron chi connectivity index (χ1n) is 5.75. The molecule has 0 amide bonds. The molecule has 0 saturated heterocycles. The summed E-state index contributed by atoms with van der Waals surface area (Å²) in [7, 11) is 1.91. The van der Waals surface area contributed by atoms with Gasteiger partial charge >= 0.3 is 0 Å². The highest BCUT2D eigenvalue weighted by atomic mass is 35.5. The van der Waals surface area contributed by atoms with Crippen LogP contribution in [0.3, 0.4) is 0 Å². The van der Waals surface area contributed by atoms with Gasteiger partial charge in [0.25, 0.3) is 0 Å². The summed E-state index contributed by atoms with van der Waals surface area (Å²) in [5, 5.41) is 3.10. The van der Waals surface area contributed by atoms with Crippen LogP contribution in [0.25, 0.3) is 0 Å². The predicted octanol–water partition coefficient (Wildman–Crippen LogP) is 3.39. The van der Waals surface area contributed by atoms with Crippen molar-refractivity contribution in [3.8, 4) is 0 Å². The van der Waals surface area contributed by atoms with Crippen molar-refractivity contribution in [2.45, 2.75) is 6.42 Å². The van der Waals surface area contributed by atoms with Crippen LogP contribution in [0.1, 0.15) is 20.8 Å². The van der Waals surface area contributed by atoms with E-state index in [-0.39, 0.29) is 5.78 Å². The number of benzene rings is 1. The number of ketones is 1. The Morgan fingerprint density at radius 2 is 2.06 bits per heavy atom. The smallest absolute Gasteiger partial charge is 0.203 e. The predicted molar refractivity (Wildman–Crippen MR) is 76.8 cm³/mol. The van der Waals surface area contributed by atoms with E-state index in [0.717, 1.165) is 24.1 Å². The second-order valence-corrected chi connectivity index (χ2v) is 5.66. The molecule has 1 heterocycles. The summed E-state index contributed by atoms with van der Waals surface area (Å²) in [6.07, 6.45) is 0.845. The number of rotatable bonds is 5. The van der Waals surface area contributed by atoms with E-state index in [1.54, 1.807) is 12.1 Å². The maximum Gasteiger partial charge on any atom is 0.203 e. The number of nitrogens with one attached hydrogen (secondary N) is 1. The standard InChI is InChI=1S/C14H14ClNOS/c1-16-9-8-10-4-2-3-5-11(10)14(17)12-6-7-13(15)18-12/h2-7,16H,8-9H2,1H3. The number of hydrogen-bond acceptors (Lipinski definition) is 3. The second kappa shape index (κ2) is 6.14. The third-order valence-corrected chi connectivity index (χ3v) is 3.93. The molecule has 0 aliphatic carbocycles. The molecule has 1 aromatic heterocycles. The van der Waals surface area contributed by atoms with Gasteiger partial charge in [-0.25, -0.2) is 0 Å². The average Bonchev–Trinajstić information content (AvgIpc) is 2.82. The number of halogens is 1. The highest BCUT2D eigenvalue weighted by Gasteiger charge is 2.14. The van der Waals surface area contributed by atoms with E-state index in [0.29, 0.717) is 9.21 Å². The summed E-state index contributed by atoms with van der Waals surface area (Å²) in [6.45, 7) is 0.857. The zero-order valence-corrected chi connectivity index (χ0v) is 11.6. The Hall–Kier alpha value is -1.16. The molecule has 0 bridgehead atoms. The maximum absolute atomic E-state index is 12.4. The number of carbonyl (C=O) groups is 1. The minimum absolute atomic E-state index is 0.0543. The van der Waals surface area contributed by atoms with E-state index >= 15 is 0 Å². The zero-order chi connectivity index (χ0) is 13.0. The van der Waals surface area contributed by atoms with Crippen LogP contribution in [-0.2, 0) is 6.42 Å². The third kappa shape index (κ3) is 2.99. The molecule has 2 rings (SSSR count). The van der Waals surface area contributed by atoms with E-state index in [1.807, 2.05) is 31.3 Å². The Labute approximate surface area is 116 Å². The molecular formula is C14H14ClNOS. The van der Waals surface area contributed by atoms with Gasteiger partial charge in [-0.1, -0.05) is 35.9 Å². The maximum atomic E-state index is 12.4. The Morgan fingerprint density at radius 1 is 1.28 bits per heavy atom. The van der Waals surface area contributed by atoms with Gasteiger partial charge in [0.05, 0.1) is 9.21 Å². The quantitative estimate of drug-likeness (QED) is 0.850. The lowest BCUT2D eigenvalue weighted by Crippen LogP contribution is -2.13. The Kier molecular flexibility index (Phi) is 4.53. The van der Waals surface area contributed by atoms with Gasteiger partial charge in [0.15, 0.2) is 0 Å². The van der Waals surface area contributed by atoms with E-state index in [1.165, 1.54) is 11.3 Å². The van der Waals surface area contributed by atoms with Crippen LogP contribution in [0.5, 0.6) is 0 Å². The fraction of sp³-hybridized carbons (Fsp3) is 0.214. The van der Waals surface area contributed by atoms with Crippen LogP contribution in [-0.4, -0.2) is 19.4 Å². The van der Waals surface area contributed by atoms with Crippen LogP contribution in [0.2, 0.25) is 4.34 Å². The number of hydrogen-bond donors (Lipinski definition) is 1. The van der Waals surface area contributed by atoms with Gasteiger partial charge in [-0.15, -0.1) is 11.3 Å². The molecule has 0 fully saturated rings. The molecule has 0 saturated carbocycles. The molecule has 2 nitrogen and oxygen atoms in total. The van der Waals surface area contributed by atoms with Crippen molar-refractivity contribution in [2.75, 3.05) is 13.6 Å². The lowest BCUT2D eigenvalue weighted by molar-refractivity contribution is 0.104. The van der Waals surface area contributed by atoms with Crippen molar-refractivity contribution in [3.63, 3.8) is 0 Å².